The average Bonchev–Trinajstić information content (AvgIpc) is 3.06. The molecule has 0 bridgehead atoms. The van der Waals surface area contributed by atoms with Gasteiger partial charge in [-0.15, -0.1) is 0 Å². The molecule has 1 amide bonds. The number of nitro benzene ring substituents is 1. The van der Waals surface area contributed by atoms with Crippen LogP contribution in [0.15, 0.2) is 54.1 Å². The van der Waals surface area contributed by atoms with Gasteiger partial charge >= 0.3 is 0 Å². The van der Waals surface area contributed by atoms with Gasteiger partial charge in [0, 0.05) is 30.8 Å². The molecule has 1 N–H and O–H groups in total. The minimum absolute atomic E-state index is 0.0553. The third kappa shape index (κ3) is 5.20. The summed E-state index contributed by atoms with van der Waals surface area (Å²) in [4.78, 5) is 39.7. The molecule has 0 spiro atoms. The van der Waals surface area contributed by atoms with E-state index < -0.39 is 22.7 Å². The summed E-state index contributed by atoms with van der Waals surface area (Å²) in [6, 6.07) is 11.5. The topological polar surface area (TPSA) is 113 Å². The maximum absolute atomic E-state index is 13.0. The van der Waals surface area contributed by atoms with Crippen LogP contribution in [0, 0.1) is 10.1 Å². The van der Waals surface area contributed by atoms with E-state index in [0.717, 1.165) is 6.42 Å². The van der Waals surface area contributed by atoms with Crippen molar-refractivity contribution < 1.29 is 24.4 Å². The monoisotopic (exact) mass is 453 g/mol. The van der Waals surface area contributed by atoms with Crippen molar-refractivity contribution in [3.8, 4) is 5.75 Å². The number of carbonyl (C=O) groups excluding carboxylic acids is 2. The van der Waals surface area contributed by atoms with Crippen LogP contribution in [0.25, 0.3) is 5.76 Å². The van der Waals surface area contributed by atoms with Crippen molar-refractivity contribution in [2.75, 3.05) is 33.8 Å². The number of Topliss-reactive ketones (excluding diaryl/α,β-unsaturated/α-hetero) is 1. The van der Waals surface area contributed by atoms with E-state index >= 15 is 0 Å². The normalized spacial score (nSPS) is 17.6. The minimum atomic E-state index is -0.815. The zero-order chi connectivity index (χ0) is 24.1. The highest BCUT2D eigenvalue weighted by atomic mass is 16.6. The van der Waals surface area contributed by atoms with Gasteiger partial charge in [-0.1, -0.05) is 19.1 Å². The number of rotatable bonds is 9. The van der Waals surface area contributed by atoms with Crippen molar-refractivity contribution in [1.82, 2.24) is 9.80 Å². The third-order valence-electron chi connectivity index (χ3n) is 5.33. The van der Waals surface area contributed by atoms with Gasteiger partial charge in [0.1, 0.15) is 11.5 Å². The molecule has 33 heavy (non-hydrogen) atoms. The molecule has 9 nitrogen and oxygen atoms in total. The van der Waals surface area contributed by atoms with E-state index in [1.54, 1.807) is 24.3 Å². The molecule has 1 aliphatic heterocycles. The molecule has 9 heteroatoms. The van der Waals surface area contributed by atoms with Crippen molar-refractivity contribution >= 4 is 23.1 Å². The van der Waals surface area contributed by atoms with Crippen molar-refractivity contribution in [2.24, 2.45) is 0 Å². The largest absolute Gasteiger partial charge is 0.507 e. The van der Waals surface area contributed by atoms with E-state index in [1.807, 2.05) is 25.9 Å². The summed E-state index contributed by atoms with van der Waals surface area (Å²) >= 11 is 0. The van der Waals surface area contributed by atoms with Crippen molar-refractivity contribution in [1.29, 1.82) is 0 Å². The van der Waals surface area contributed by atoms with Crippen molar-refractivity contribution in [3.63, 3.8) is 0 Å². The second-order valence-electron chi connectivity index (χ2n) is 8.02. The van der Waals surface area contributed by atoms with E-state index in [2.05, 4.69) is 0 Å². The lowest BCUT2D eigenvalue weighted by atomic mass is 9.95. The molecular formula is C24H27N3O6. The Bertz CT molecular complexity index is 1080. The molecule has 1 aliphatic rings. The summed E-state index contributed by atoms with van der Waals surface area (Å²) in [7, 11) is 3.73. The van der Waals surface area contributed by atoms with Gasteiger partial charge in [-0.05, 0) is 50.3 Å². The molecule has 3 rings (SSSR count). The molecule has 0 aliphatic carbocycles. The molecule has 1 saturated heterocycles. The van der Waals surface area contributed by atoms with Crippen LogP contribution in [0.4, 0.5) is 5.69 Å². The zero-order valence-electron chi connectivity index (χ0n) is 18.9. The molecule has 0 aromatic heterocycles. The molecule has 1 heterocycles. The van der Waals surface area contributed by atoms with Gasteiger partial charge in [-0.3, -0.25) is 19.7 Å². The van der Waals surface area contributed by atoms with Crippen LogP contribution in [0.3, 0.4) is 0 Å². The molecule has 0 radical (unpaired) electrons. The zero-order valence-corrected chi connectivity index (χ0v) is 18.9. The first kappa shape index (κ1) is 23.9. The Balaban J connectivity index is 2.11. The minimum Gasteiger partial charge on any atom is -0.507 e. The first-order valence-electron chi connectivity index (χ1n) is 10.6. The second-order valence-corrected chi connectivity index (χ2v) is 8.02. The number of non-ortho nitro benzene ring substituents is 1. The van der Waals surface area contributed by atoms with Crippen LogP contribution in [0.5, 0.6) is 5.75 Å². The Morgan fingerprint density at radius 1 is 1.18 bits per heavy atom. The van der Waals surface area contributed by atoms with Gasteiger partial charge in [0.25, 0.3) is 17.4 Å². The van der Waals surface area contributed by atoms with Crippen LogP contribution in [-0.4, -0.2) is 65.3 Å². The number of likely N-dealkylation sites (tertiary alicyclic amines) is 1. The van der Waals surface area contributed by atoms with E-state index in [-0.39, 0.29) is 29.1 Å². The number of nitrogens with zero attached hydrogens (tertiary/aromatic N) is 3. The highest BCUT2D eigenvalue weighted by Crippen LogP contribution is 2.40. The number of hydrogen-bond donors (Lipinski definition) is 1. The summed E-state index contributed by atoms with van der Waals surface area (Å²) in [6.07, 6.45) is 0.825. The summed E-state index contributed by atoms with van der Waals surface area (Å²) < 4.78 is 5.72. The van der Waals surface area contributed by atoms with Crippen molar-refractivity contribution in [2.45, 2.75) is 19.4 Å². The van der Waals surface area contributed by atoms with E-state index in [0.29, 0.717) is 24.5 Å². The summed E-state index contributed by atoms with van der Waals surface area (Å²) in [5.41, 5.74) is 0.648. The van der Waals surface area contributed by atoms with Gasteiger partial charge in [0.05, 0.1) is 23.1 Å². The third-order valence-corrected chi connectivity index (χ3v) is 5.33. The quantitative estimate of drug-likeness (QED) is 0.204. The Labute approximate surface area is 192 Å². The molecule has 1 fully saturated rings. The molecule has 1 unspecified atom stereocenters. The Morgan fingerprint density at radius 2 is 1.88 bits per heavy atom. The molecule has 174 valence electrons. The van der Waals surface area contributed by atoms with Crippen LogP contribution < -0.4 is 4.74 Å². The van der Waals surface area contributed by atoms with E-state index in [4.69, 9.17) is 4.74 Å². The lowest BCUT2D eigenvalue weighted by Crippen LogP contribution is -2.35. The number of ether oxygens (including phenoxy) is 1. The number of benzene rings is 2. The maximum Gasteiger partial charge on any atom is 0.295 e. The number of hydrogen-bond acceptors (Lipinski definition) is 7. The van der Waals surface area contributed by atoms with Gasteiger partial charge in [-0.2, -0.15) is 0 Å². The van der Waals surface area contributed by atoms with Crippen LogP contribution in [0.1, 0.15) is 30.5 Å². The van der Waals surface area contributed by atoms with Crippen LogP contribution >= 0.6 is 0 Å². The van der Waals surface area contributed by atoms with E-state index in [9.17, 15) is 24.8 Å². The predicted molar refractivity (Wildman–Crippen MR) is 123 cm³/mol. The number of aliphatic hydroxyl groups excluding tert-OH is 1. The number of aliphatic hydroxyl groups is 1. The van der Waals surface area contributed by atoms with E-state index in [1.165, 1.54) is 29.2 Å². The lowest BCUT2D eigenvalue weighted by molar-refractivity contribution is -0.384. The predicted octanol–water partition coefficient (Wildman–Crippen LogP) is 3.37. The van der Waals surface area contributed by atoms with Gasteiger partial charge in [0.2, 0.25) is 0 Å². The van der Waals surface area contributed by atoms with Gasteiger partial charge in [0.15, 0.2) is 0 Å². The van der Waals surface area contributed by atoms with Crippen LogP contribution in [0.2, 0.25) is 0 Å². The number of nitro groups is 1. The summed E-state index contributed by atoms with van der Waals surface area (Å²) in [5.74, 6) is -1.27. The van der Waals surface area contributed by atoms with Crippen LogP contribution in [-0.2, 0) is 9.59 Å². The van der Waals surface area contributed by atoms with Gasteiger partial charge < -0.3 is 19.6 Å². The smallest absolute Gasteiger partial charge is 0.295 e. The number of carbonyl (C=O) groups is 2. The number of ketones is 1. The first-order valence-corrected chi connectivity index (χ1v) is 10.6. The summed E-state index contributed by atoms with van der Waals surface area (Å²) in [5, 5.41) is 22.0. The fourth-order valence-electron chi connectivity index (χ4n) is 3.66. The van der Waals surface area contributed by atoms with Gasteiger partial charge in [-0.25, -0.2) is 0 Å². The Kier molecular flexibility index (Phi) is 7.44. The fraction of sp³-hybridized carbons (Fsp3) is 0.333. The molecular weight excluding hydrogens is 426 g/mol. The first-order chi connectivity index (χ1) is 15.7. The standard InChI is InChI=1S/C24H27N3O6/c1-4-14-33-19-7-5-6-17(15-19)21-20(23(29)24(30)26(21)13-12-25(2)3)22(28)16-8-10-18(11-9-16)27(31)32/h5-11,15,21,28H,4,12-14H2,1-3H3/b22-20+. The molecule has 2 aromatic rings. The lowest BCUT2D eigenvalue weighted by Gasteiger charge is -2.27. The highest BCUT2D eigenvalue weighted by Gasteiger charge is 2.46. The number of likely N-dealkylation sites (N-methyl/N-ethyl adjacent to an activating group) is 1. The Morgan fingerprint density at radius 3 is 2.48 bits per heavy atom. The SMILES string of the molecule is CCCOc1cccc(C2/C(=C(\O)c3ccc([N+](=O)[O-])cc3)C(=O)C(=O)N2CCN(C)C)c1. The second kappa shape index (κ2) is 10.3. The summed E-state index contributed by atoms with van der Waals surface area (Å²) in [6.45, 7) is 3.31. The Hall–Kier alpha value is -3.72. The highest BCUT2D eigenvalue weighted by molar-refractivity contribution is 6.46. The number of amides is 1. The average molecular weight is 453 g/mol. The molecule has 0 saturated carbocycles. The van der Waals surface area contributed by atoms with Crippen molar-refractivity contribution in [3.05, 3.63) is 75.3 Å². The molecule has 2 aromatic carbocycles. The maximum atomic E-state index is 13.0. The fourth-order valence-corrected chi connectivity index (χ4v) is 3.66. The molecule has 1 atom stereocenters.